The molecule has 1 saturated carbocycles. The maximum Gasteiger partial charge on any atom is 0.331 e. The number of carbonyl (C=O) groups is 1. The fourth-order valence-corrected chi connectivity index (χ4v) is 5.61. The van der Waals surface area contributed by atoms with Gasteiger partial charge in [-0.25, -0.2) is 4.79 Å². The summed E-state index contributed by atoms with van der Waals surface area (Å²) < 4.78 is 28.5. The predicted molar refractivity (Wildman–Crippen MR) is 120 cm³/mol. The van der Waals surface area contributed by atoms with Gasteiger partial charge >= 0.3 is 5.97 Å². The summed E-state index contributed by atoms with van der Waals surface area (Å²) in [6, 6.07) is 4.07. The number of benzene rings is 1. The second kappa shape index (κ2) is 10.1. The molecule has 5 rings (SSSR count). The molecule has 4 aliphatic rings. The highest BCUT2D eigenvalue weighted by Crippen LogP contribution is 2.61. The van der Waals surface area contributed by atoms with Crippen molar-refractivity contribution in [2.24, 2.45) is 11.8 Å². The average molecular weight is 526 g/mol. The van der Waals surface area contributed by atoms with E-state index >= 15 is 0 Å². The van der Waals surface area contributed by atoms with Crippen LogP contribution in [0.4, 0.5) is 0 Å². The summed E-state index contributed by atoms with van der Waals surface area (Å²) in [7, 11) is 0. The summed E-state index contributed by atoms with van der Waals surface area (Å²) in [6.45, 7) is -0.828. The summed E-state index contributed by atoms with van der Waals surface area (Å²) in [6.07, 6.45) is -6.80. The largest absolute Gasteiger partial charge is 0.504 e. The van der Waals surface area contributed by atoms with Crippen LogP contribution in [-0.2, 0) is 28.5 Å². The molecule has 13 heteroatoms. The van der Waals surface area contributed by atoms with Crippen LogP contribution in [-0.4, -0.2) is 116 Å². The fraction of sp³-hybridized carbons (Fsp3) is 0.625. The Kier molecular flexibility index (Phi) is 7.17. The van der Waals surface area contributed by atoms with Crippen LogP contribution in [0.3, 0.4) is 0 Å². The van der Waals surface area contributed by atoms with E-state index in [0.29, 0.717) is 12.0 Å². The second-order valence-corrected chi connectivity index (χ2v) is 9.69. The zero-order valence-corrected chi connectivity index (χ0v) is 19.6. The highest BCUT2D eigenvalue weighted by atomic mass is 16.8. The van der Waals surface area contributed by atoms with Crippen LogP contribution in [0.2, 0.25) is 0 Å². The first kappa shape index (κ1) is 26.3. The molecule has 0 radical (unpaired) electrons. The van der Waals surface area contributed by atoms with Gasteiger partial charge in [0.15, 0.2) is 24.1 Å². The molecule has 204 valence electrons. The minimum absolute atomic E-state index is 0.203. The second-order valence-electron chi connectivity index (χ2n) is 9.69. The van der Waals surface area contributed by atoms with Crippen LogP contribution in [0, 0.1) is 11.8 Å². The van der Waals surface area contributed by atoms with Crippen molar-refractivity contribution in [2.75, 3.05) is 19.8 Å². The molecule has 3 heterocycles. The molecule has 0 aromatic heterocycles. The van der Waals surface area contributed by atoms with Crippen LogP contribution < -0.4 is 0 Å². The number of phenols is 2. The lowest BCUT2D eigenvalue weighted by Crippen LogP contribution is -2.61. The van der Waals surface area contributed by atoms with Gasteiger partial charge in [-0.1, -0.05) is 6.07 Å². The molecule has 1 aromatic rings. The quantitative estimate of drug-likeness (QED) is 0.0885. The van der Waals surface area contributed by atoms with Gasteiger partial charge in [-0.2, -0.15) is 0 Å². The molecule has 11 atom stereocenters. The van der Waals surface area contributed by atoms with Crippen molar-refractivity contribution in [2.45, 2.75) is 61.2 Å². The molecular formula is C24H30O13. The van der Waals surface area contributed by atoms with Crippen LogP contribution in [0.15, 0.2) is 24.3 Å². The number of aliphatic hydroxyl groups excluding tert-OH is 5. The van der Waals surface area contributed by atoms with E-state index in [0.717, 1.165) is 0 Å². The number of epoxide rings is 1. The van der Waals surface area contributed by atoms with Gasteiger partial charge in [0, 0.05) is 12.0 Å². The van der Waals surface area contributed by atoms with E-state index in [4.69, 9.17) is 23.7 Å². The molecule has 3 saturated heterocycles. The Morgan fingerprint density at radius 1 is 1.08 bits per heavy atom. The fourth-order valence-electron chi connectivity index (χ4n) is 5.61. The third kappa shape index (κ3) is 4.60. The first-order chi connectivity index (χ1) is 17.7. The molecule has 7 N–H and O–H groups in total. The average Bonchev–Trinajstić information content (AvgIpc) is 3.57. The van der Waals surface area contributed by atoms with Crippen LogP contribution in [0.25, 0.3) is 6.08 Å². The maximum atomic E-state index is 12.6. The first-order valence-electron chi connectivity index (χ1n) is 12.0. The summed E-state index contributed by atoms with van der Waals surface area (Å²) in [4.78, 5) is 12.6. The SMILES string of the molecule is O=C(/C=C/c1ccc(O)c(O)c1)O[C@H]1[C@H]2CCO[C@@H](O[C@H]3O[C@@H](CO)[C@H](O)[C@@H](O)[C@@H]3O)[C@H]2[C@@]2(CO)O[C@@H]12. The van der Waals surface area contributed by atoms with Gasteiger partial charge in [0.2, 0.25) is 0 Å². The molecule has 0 bridgehead atoms. The smallest absolute Gasteiger partial charge is 0.331 e. The molecule has 4 fully saturated rings. The molecule has 0 unspecified atom stereocenters. The highest BCUT2D eigenvalue weighted by Gasteiger charge is 2.77. The number of carbonyl (C=O) groups excluding carboxylic acids is 1. The van der Waals surface area contributed by atoms with Gasteiger partial charge in [0.25, 0.3) is 0 Å². The Labute approximate surface area is 211 Å². The predicted octanol–water partition coefficient (Wildman–Crippen LogP) is -2.04. The van der Waals surface area contributed by atoms with Crippen molar-refractivity contribution in [3.05, 3.63) is 29.8 Å². The van der Waals surface area contributed by atoms with Crippen molar-refractivity contribution in [1.29, 1.82) is 0 Å². The minimum Gasteiger partial charge on any atom is -0.504 e. The van der Waals surface area contributed by atoms with E-state index < -0.39 is 79.9 Å². The van der Waals surface area contributed by atoms with E-state index in [2.05, 4.69) is 0 Å². The third-order valence-electron chi connectivity index (χ3n) is 7.57. The molecule has 37 heavy (non-hydrogen) atoms. The van der Waals surface area contributed by atoms with Crippen molar-refractivity contribution in [3.63, 3.8) is 0 Å². The molecular weight excluding hydrogens is 496 g/mol. The molecule has 1 aromatic carbocycles. The molecule has 0 amide bonds. The number of ether oxygens (including phenoxy) is 5. The number of hydrogen-bond acceptors (Lipinski definition) is 13. The lowest BCUT2D eigenvalue weighted by molar-refractivity contribution is -0.356. The molecule has 13 nitrogen and oxygen atoms in total. The normalized spacial score (nSPS) is 42.8. The Balaban J connectivity index is 1.29. The number of esters is 1. The summed E-state index contributed by atoms with van der Waals surface area (Å²) in [5.41, 5.74) is -0.649. The number of phenolic OH excluding ortho intramolecular Hbond substituents is 2. The first-order valence-corrected chi connectivity index (χ1v) is 12.0. The lowest BCUT2D eigenvalue weighted by atomic mass is 9.83. The summed E-state index contributed by atoms with van der Waals surface area (Å²) in [5, 5.41) is 69.1. The third-order valence-corrected chi connectivity index (χ3v) is 7.57. The molecule has 0 spiro atoms. The van der Waals surface area contributed by atoms with Gasteiger partial charge in [-0.05, 0) is 30.2 Å². The minimum atomic E-state index is -1.64. The van der Waals surface area contributed by atoms with E-state index in [-0.39, 0.29) is 24.0 Å². The van der Waals surface area contributed by atoms with Crippen LogP contribution in [0.1, 0.15) is 12.0 Å². The number of aliphatic hydroxyl groups is 5. The molecule has 1 aliphatic carbocycles. The summed E-state index contributed by atoms with van der Waals surface area (Å²) in [5.74, 6) is -2.24. The standard InChI is InChI=1S/C24H30O13/c25-8-14-17(30)18(31)19(32)23(34-14)36-22-16-11(5-6-33-22)20(21-24(16,9-26)37-21)35-15(29)4-2-10-1-3-12(27)13(28)7-10/h1-4,7,11,14,16-23,25-28,30-32H,5-6,8-9H2/b4-2+/t11-,14-,16-,17-,18+,19-,20-,21-,22-,23+,24+/m0/s1. The number of rotatable bonds is 7. The Morgan fingerprint density at radius 3 is 2.57 bits per heavy atom. The lowest BCUT2D eigenvalue weighted by Gasteiger charge is -2.44. The molecule has 3 aliphatic heterocycles. The highest BCUT2D eigenvalue weighted by molar-refractivity contribution is 5.87. The Bertz CT molecular complexity index is 1030. The summed E-state index contributed by atoms with van der Waals surface area (Å²) >= 11 is 0. The van der Waals surface area contributed by atoms with Crippen molar-refractivity contribution >= 4 is 12.0 Å². The number of aromatic hydroxyl groups is 2. The Hall–Kier alpha value is -2.33. The van der Waals surface area contributed by atoms with E-state index in [1.807, 2.05) is 0 Å². The zero-order chi connectivity index (χ0) is 26.5. The van der Waals surface area contributed by atoms with Crippen molar-refractivity contribution < 1.29 is 64.2 Å². The zero-order valence-electron chi connectivity index (χ0n) is 19.6. The van der Waals surface area contributed by atoms with Gasteiger partial charge in [-0.15, -0.1) is 0 Å². The van der Waals surface area contributed by atoms with Gasteiger partial charge in [-0.3, -0.25) is 0 Å². The van der Waals surface area contributed by atoms with E-state index in [1.165, 1.54) is 30.4 Å². The van der Waals surface area contributed by atoms with Crippen molar-refractivity contribution in [3.8, 4) is 11.5 Å². The van der Waals surface area contributed by atoms with Crippen LogP contribution >= 0.6 is 0 Å². The monoisotopic (exact) mass is 526 g/mol. The van der Waals surface area contributed by atoms with Gasteiger partial charge in [0.1, 0.15) is 42.2 Å². The van der Waals surface area contributed by atoms with Gasteiger partial charge in [0.05, 0.1) is 25.7 Å². The van der Waals surface area contributed by atoms with Crippen LogP contribution in [0.5, 0.6) is 11.5 Å². The number of fused-ring (bicyclic) bond motifs is 3. The number of hydrogen-bond donors (Lipinski definition) is 7. The van der Waals surface area contributed by atoms with Gasteiger partial charge < -0.3 is 59.4 Å². The van der Waals surface area contributed by atoms with E-state index in [1.54, 1.807) is 0 Å². The van der Waals surface area contributed by atoms with E-state index in [9.17, 15) is 40.5 Å². The maximum absolute atomic E-state index is 12.6. The topological polar surface area (TPSA) is 208 Å². The van der Waals surface area contributed by atoms with Crippen molar-refractivity contribution in [1.82, 2.24) is 0 Å². The Morgan fingerprint density at radius 2 is 1.86 bits per heavy atom.